The highest BCUT2D eigenvalue weighted by atomic mass is 16.6. The quantitative estimate of drug-likeness (QED) is 0.749. The van der Waals surface area contributed by atoms with Crippen LogP contribution in [0.1, 0.15) is 30.9 Å². The normalized spacial score (nSPS) is 16.9. The van der Waals surface area contributed by atoms with Crippen LogP contribution < -0.4 is 10.6 Å². The molecule has 2 amide bonds. The molecule has 2 unspecified atom stereocenters. The number of benzene rings is 2. The molecule has 2 aromatic carbocycles. The number of hydrogen-bond acceptors (Lipinski definition) is 3. The summed E-state index contributed by atoms with van der Waals surface area (Å²) in [6, 6.07) is 20.1. The summed E-state index contributed by atoms with van der Waals surface area (Å²) in [7, 11) is 0. The van der Waals surface area contributed by atoms with E-state index in [0.29, 0.717) is 13.0 Å². The van der Waals surface area contributed by atoms with Gasteiger partial charge in [-0.25, -0.2) is 4.79 Å². The van der Waals surface area contributed by atoms with E-state index in [-0.39, 0.29) is 18.2 Å². The fourth-order valence-corrected chi connectivity index (χ4v) is 3.20. The topological polar surface area (TPSA) is 62.7 Å². The molecule has 0 fully saturated rings. The molecule has 5 heteroatoms. The Kier molecular flexibility index (Phi) is 6.85. The maximum absolute atomic E-state index is 12.2. The van der Waals surface area contributed by atoms with Crippen LogP contribution in [0.5, 0.6) is 0 Å². The Morgan fingerprint density at radius 1 is 1.11 bits per heavy atom. The summed E-state index contributed by atoms with van der Waals surface area (Å²) in [5, 5.41) is 10.2. The largest absolute Gasteiger partial charge is 0.390 e. The van der Waals surface area contributed by atoms with Gasteiger partial charge in [0.25, 0.3) is 0 Å². The van der Waals surface area contributed by atoms with Gasteiger partial charge in [-0.3, -0.25) is 0 Å². The molecule has 0 saturated heterocycles. The van der Waals surface area contributed by atoms with Crippen molar-refractivity contribution in [2.24, 2.45) is 5.16 Å². The van der Waals surface area contributed by atoms with Crippen molar-refractivity contribution < 1.29 is 9.63 Å². The van der Waals surface area contributed by atoms with E-state index in [2.05, 4.69) is 40.1 Å². The second-order valence-corrected chi connectivity index (χ2v) is 6.86. The van der Waals surface area contributed by atoms with E-state index in [9.17, 15) is 4.79 Å². The summed E-state index contributed by atoms with van der Waals surface area (Å²) in [4.78, 5) is 17.9. The van der Waals surface area contributed by atoms with Crippen molar-refractivity contribution >= 4 is 11.7 Å². The van der Waals surface area contributed by atoms with Crippen LogP contribution in [0.3, 0.4) is 0 Å². The van der Waals surface area contributed by atoms with Crippen molar-refractivity contribution in [1.29, 1.82) is 0 Å². The monoisotopic (exact) mass is 365 g/mol. The molecule has 0 spiro atoms. The van der Waals surface area contributed by atoms with Crippen molar-refractivity contribution in [2.45, 2.75) is 44.8 Å². The van der Waals surface area contributed by atoms with Crippen LogP contribution in [0.2, 0.25) is 0 Å². The smallest absolute Gasteiger partial charge is 0.315 e. The number of nitrogens with one attached hydrogen (secondary N) is 2. The first-order valence-corrected chi connectivity index (χ1v) is 9.58. The molecular weight excluding hydrogens is 338 g/mol. The molecule has 1 aliphatic heterocycles. The van der Waals surface area contributed by atoms with E-state index < -0.39 is 0 Å². The number of urea groups is 1. The van der Waals surface area contributed by atoms with E-state index in [4.69, 9.17) is 4.84 Å². The zero-order valence-electron chi connectivity index (χ0n) is 15.7. The minimum atomic E-state index is -0.156. The van der Waals surface area contributed by atoms with Gasteiger partial charge < -0.3 is 15.5 Å². The first-order valence-electron chi connectivity index (χ1n) is 9.58. The van der Waals surface area contributed by atoms with Gasteiger partial charge in [0.2, 0.25) is 0 Å². The fraction of sp³-hybridized carbons (Fsp3) is 0.364. The molecular formula is C22H27N3O2. The molecule has 0 aliphatic carbocycles. The summed E-state index contributed by atoms with van der Waals surface area (Å²) in [5.41, 5.74) is 3.40. The lowest BCUT2D eigenvalue weighted by Crippen LogP contribution is -2.49. The van der Waals surface area contributed by atoms with Crippen LogP contribution in [-0.4, -0.2) is 30.4 Å². The van der Waals surface area contributed by atoms with Gasteiger partial charge in [0.05, 0.1) is 11.8 Å². The van der Waals surface area contributed by atoms with E-state index >= 15 is 0 Å². The number of amides is 2. The predicted molar refractivity (Wildman–Crippen MR) is 108 cm³/mol. The lowest BCUT2D eigenvalue weighted by atomic mass is 9.96. The molecule has 1 heterocycles. The second-order valence-electron chi connectivity index (χ2n) is 6.86. The molecule has 142 valence electrons. The molecule has 5 nitrogen and oxygen atoms in total. The Balaban J connectivity index is 1.63. The number of rotatable bonds is 8. The standard InChI is InChI=1S/C22H27N3O2/c1-2-13-23-22(26)24-20(15-18-11-7-4-8-12-18)21-16-19(25-27-21)14-17-9-5-3-6-10-17/h3-12,20-21H,2,13-16H2,1H3,(H2,23,24,26). The van der Waals surface area contributed by atoms with Gasteiger partial charge in [-0.2, -0.15) is 0 Å². The Bertz CT molecular complexity index is 747. The van der Waals surface area contributed by atoms with Crippen molar-refractivity contribution in [3.63, 3.8) is 0 Å². The lowest BCUT2D eigenvalue weighted by molar-refractivity contribution is 0.0578. The number of carbonyl (C=O) groups excluding carboxylic acids is 1. The van der Waals surface area contributed by atoms with Crippen LogP contribution >= 0.6 is 0 Å². The Hall–Kier alpha value is -2.82. The molecule has 0 bridgehead atoms. The Morgan fingerprint density at radius 2 is 1.78 bits per heavy atom. The SMILES string of the molecule is CCCNC(=O)NC(Cc1ccccc1)C1CC(Cc2ccccc2)=NO1. The van der Waals surface area contributed by atoms with Gasteiger partial charge in [0.1, 0.15) is 0 Å². The molecule has 0 aromatic heterocycles. The van der Waals surface area contributed by atoms with Crippen LogP contribution in [0.15, 0.2) is 65.8 Å². The first-order chi connectivity index (χ1) is 13.2. The summed E-state index contributed by atoms with van der Waals surface area (Å²) >= 11 is 0. The minimum Gasteiger partial charge on any atom is -0.390 e. The van der Waals surface area contributed by atoms with E-state index in [1.54, 1.807) is 0 Å². The van der Waals surface area contributed by atoms with E-state index in [0.717, 1.165) is 25.0 Å². The van der Waals surface area contributed by atoms with Crippen molar-refractivity contribution in [3.05, 3.63) is 71.8 Å². The number of carbonyl (C=O) groups is 1. The average molecular weight is 365 g/mol. The summed E-state index contributed by atoms with van der Waals surface area (Å²) in [6.45, 7) is 2.69. The van der Waals surface area contributed by atoms with Crippen LogP contribution in [0.4, 0.5) is 4.79 Å². The van der Waals surface area contributed by atoms with E-state index in [1.807, 2.05) is 43.3 Å². The fourth-order valence-electron chi connectivity index (χ4n) is 3.20. The van der Waals surface area contributed by atoms with Gasteiger partial charge in [0, 0.05) is 19.4 Å². The van der Waals surface area contributed by atoms with E-state index in [1.165, 1.54) is 11.1 Å². The third kappa shape index (κ3) is 5.84. The zero-order chi connectivity index (χ0) is 18.9. The van der Waals surface area contributed by atoms with Crippen molar-refractivity contribution in [1.82, 2.24) is 10.6 Å². The number of hydrogen-bond donors (Lipinski definition) is 2. The summed E-state index contributed by atoms with van der Waals surface area (Å²) in [5.74, 6) is 0. The maximum atomic E-state index is 12.2. The third-order valence-electron chi connectivity index (χ3n) is 4.60. The van der Waals surface area contributed by atoms with Crippen LogP contribution in [0.25, 0.3) is 0 Å². The van der Waals surface area contributed by atoms with Crippen molar-refractivity contribution in [3.8, 4) is 0 Å². The molecule has 2 N–H and O–H groups in total. The number of nitrogens with zero attached hydrogens (tertiary/aromatic N) is 1. The molecule has 3 rings (SSSR count). The highest BCUT2D eigenvalue weighted by Crippen LogP contribution is 2.20. The lowest BCUT2D eigenvalue weighted by Gasteiger charge is -2.23. The van der Waals surface area contributed by atoms with Gasteiger partial charge in [-0.15, -0.1) is 0 Å². The van der Waals surface area contributed by atoms with Crippen LogP contribution in [-0.2, 0) is 17.7 Å². The van der Waals surface area contributed by atoms with Gasteiger partial charge in [-0.1, -0.05) is 72.7 Å². The van der Waals surface area contributed by atoms with Gasteiger partial charge in [0.15, 0.2) is 6.10 Å². The molecule has 1 aliphatic rings. The molecule has 0 saturated carbocycles. The highest BCUT2D eigenvalue weighted by molar-refractivity contribution is 5.87. The summed E-state index contributed by atoms with van der Waals surface area (Å²) < 4.78 is 0. The minimum absolute atomic E-state index is 0.138. The van der Waals surface area contributed by atoms with Gasteiger partial charge in [-0.05, 0) is 24.0 Å². The molecule has 0 radical (unpaired) electrons. The average Bonchev–Trinajstić information content (AvgIpc) is 3.16. The first kappa shape index (κ1) is 19.0. The molecule has 27 heavy (non-hydrogen) atoms. The summed E-state index contributed by atoms with van der Waals surface area (Å²) in [6.07, 6.45) is 2.95. The maximum Gasteiger partial charge on any atom is 0.315 e. The number of oxime groups is 1. The molecule has 2 aromatic rings. The Morgan fingerprint density at radius 3 is 2.44 bits per heavy atom. The second kappa shape index (κ2) is 9.76. The van der Waals surface area contributed by atoms with Crippen LogP contribution in [0, 0.1) is 0 Å². The van der Waals surface area contributed by atoms with Crippen molar-refractivity contribution in [2.75, 3.05) is 6.54 Å². The third-order valence-corrected chi connectivity index (χ3v) is 4.60. The van der Waals surface area contributed by atoms with Gasteiger partial charge >= 0.3 is 6.03 Å². The Labute approximate surface area is 160 Å². The highest BCUT2D eigenvalue weighted by Gasteiger charge is 2.31. The molecule has 2 atom stereocenters. The zero-order valence-corrected chi connectivity index (χ0v) is 15.7. The predicted octanol–water partition coefficient (Wildman–Crippen LogP) is 3.69.